The number of thiazole rings is 1. The minimum absolute atomic E-state index is 0.0610. The molecule has 0 saturated carbocycles. The van der Waals surface area contributed by atoms with Gasteiger partial charge in [0.2, 0.25) is 0 Å². The van der Waals surface area contributed by atoms with Crippen LogP contribution in [0.5, 0.6) is 5.75 Å². The molecule has 2 aromatic carbocycles. The zero-order valence-electron chi connectivity index (χ0n) is 11.8. The third kappa shape index (κ3) is 3.21. The molecule has 0 aliphatic rings. The number of aromatic nitrogens is 1. The van der Waals surface area contributed by atoms with E-state index in [0.717, 1.165) is 10.3 Å². The number of para-hydroxylation sites is 2. The minimum atomic E-state index is -0.251. The van der Waals surface area contributed by atoms with Gasteiger partial charge in [0.15, 0.2) is 11.7 Å². The Morgan fingerprint density at radius 3 is 2.86 bits per heavy atom. The fourth-order valence-electron chi connectivity index (χ4n) is 1.99. The van der Waals surface area contributed by atoms with Gasteiger partial charge in [-0.1, -0.05) is 47.2 Å². The van der Waals surface area contributed by atoms with Crippen LogP contribution in [0.1, 0.15) is 5.56 Å². The second-order valence-corrected chi connectivity index (χ2v) is 6.15. The summed E-state index contributed by atoms with van der Waals surface area (Å²) in [7, 11) is 0. The maximum Gasteiger partial charge on any atom is 0.264 e. The summed E-state index contributed by atoms with van der Waals surface area (Å²) in [6.07, 6.45) is 0. The maximum atomic E-state index is 12.0. The average Bonchev–Trinajstić information content (AvgIpc) is 2.90. The first kappa shape index (κ1) is 14.8. The number of hydrogen-bond acceptors (Lipinski definition) is 4. The highest BCUT2D eigenvalue weighted by Gasteiger charge is 2.10. The van der Waals surface area contributed by atoms with Crippen molar-refractivity contribution >= 4 is 44.2 Å². The predicted molar refractivity (Wildman–Crippen MR) is 89.9 cm³/mol. The SMILES string of the molecule is Cc1ccccc1OCC(=O)Nc1nc2c(Cl)cccc2s1. The molecule has 0 atom stereocenters. The van der Waals surface area contributed by atoms with Gasteiger partial charge in [-0.3, -0.25) is 10.1 Å². The molecule has 0 aliphatic heterocycles. The van der Waals surface area contributed by atoms with Crippen molar-refractivity contribution in [2.45, 2.75) is 6.92 Å². The Hall–Kier alpha value is -2.11. The Morgan fingerprint density at radius 2 is 2.09 bits per heavy atom. The van der Waals surface area contributed by atoms with Crippen LogP contribution in [-0.2, 0) is 4.79 Å². The van der Waals surface area contributed by atoms with Crippen molar-refractivity contribution in [2.24, 2.45) is 0 Å². The number of carbonyl (C=O) groups excluding carboxylic acids is 1. The number of fused-ring (bicyclic) bond motifs is 1. The standard InChI is InChI=1S/C16H13ClN2O2S/c1-10-5-2-3-7-12(10)21-9-14(20)18-16-19-15-11(17)6-4-8-13(15)22-16/h2-8H,9H2,1H3,(H,18,19,20). The van der Waals surface area contributed by atoms with Gasteiger partial charge < -0.3 is 4.74 Å². The number of nitrogens with one attached hydrogen (secondary N) is 1. The van der Waals surface area contributed by atoms with Gasteiger partial charge in [-0.2, -0.15) is 0 Å². The Morgan fingerprint density at radius 1 is 1.27 bits per heavy atom. The maximum absolute atomic E-state index is 12.0. The van der Waals surface area contributed by atoms with E-state index in [1.54, 1.807) is 6.07 Å². The monoisotopic (exact) mass is 332 g/mol. The smallest absolute Gasteiger partial charge is 0.264 e. The summed E-state index contributed by atoms with van der Waals surface area (Å²) in [5.74, 6) is 0.448. The second kappa shape index (κ2) is 6.34. The summed E-state index contributed by atoms with van der Waals surface area (Å²) in [6, 6.07) is 13.1. The molecule has 112 valence electrons. The van der Waals surface area contributed by atoms with Crippen LogP contribution in [0.15, 0.2) is 42.5 Å². The van der Waals surface area contributed by atoms with Gasteiger partial charge >= 0.3 is 0 Å². The lowest BCUT2D eigenvalue weighted by molar-refractivity contribution is -0.118. The lowest BCUT2D eigenvalue weighted by atomic mass is 10.2. The van der Waals surface area contributed by atoms with E-state index in [1.165, 1.54) is 11.3 Å². The van der Waals surface area contributed by atoms with Crippen LogP contribution in [0.4, 0.5) is 5.13 Å². The molecule has 0 spiro atoms. The molecule has 1 heterocycles. The van der Waals surface area contributed by atoms with Crippen LogP contribution in [0.2, 0.25) is 5.02 Å². The summed E-state index contributed by atoms with van der Waals surface area (Å²) in [6.45, 7) is 1.87. The number of hydrogen-bond donors (Lipinski definition) is 1. The van der Waals surface area contributed by atoms with Gasteiger partial charge in [-0.05, 0) is 30.7 Å². The number of nitrogens with zero attached hydrogens (tertiary/aromatic N) is 1. The topological polar surface area (TPSA) is 51.2 Å². The highest BCUT2D eigenvalue weighted by molar-refractivity contribution is 7.22. The van der Waals surface area contributed by atoms with Gasteiger partial charge in [0, 0.05) is 0 Å². The third-order valence-electron chi connectivity index (χ3n) is 3.07. The van der Waals surface area contributed by atoms with Crippen LogP contribution < -0.4 is 10.1 Å². The highest BCUT2D eigenvalue weighted by Crippen LogP contribution is 2.30. The molecule has 6 heteroatoms. The Balaban J connectivity index is 1.66. The van der Waals surface area contributed by atoms with Crippen LogP contribution in [0.3, 0.4) is 0 Å². The molecule has 0 aliphatic carbocycles. The van der Waals surface area contributed by atoms with Crippen molar-refractivity contribution in [2.75, 3.05) is 11.9 Å². The van der Waals surface area contributed by atoms with E-state index < -0.39 is 0 Å². The number of amides is 1. The van der Waals surface area contributed by atoms with Crippen molar-refractivity contribution in [3.8, 4) is 5.75 Å². The van der Waals surface area contributed by atoms with E-state index >= 15 is 0 Å². The van der Waals surface area contributed by atoms with Gasteiger partial charge in [0.05, 0.1) is 9.72 Å². The van der Waals surface area contributed by atoms with E-state index in [2.05, 4.69) is 10.3 Å². The first-order valence-electron chi connectivity index (χ1n) is 6.67. The number of rotatable bonds is 4. The molecule has 3 aromatic rings. The number of carbonyl (C=O) groups is 1. The predicted octanol–water partition coefficient (Wildman–Crippen LogP) is 4.28. The molecular formula is C16H13ClN2O2S. The van der Waals surface area contributed by atoms with E-state index in [-0.39, 0.29) is 12.5 Å². The molecule has 0 bridgehead atoms. The zero-order valence-corrected chi connectivity index (χ0v) is 13.4. The molecule has 3 rings (SSSR count). The third-order valence-corrected chi connectivity index (χ3v) is 4.31. The van der Waals surface area contributed by atoms with Gasteiger partial charge in [0.25, 0.3) is 5.91 Å². The van der Waals surface area contributed by atoms with E-state index in [0.29, 0.717) is 21.4 Å². The van der Waals surface area contributed by atoms with Crippen LogP contribution in [0.25, 0.3) is 10.2 Å². The summed E-state index contributed by atoms with van der Waals surface area (Å²) in [5.41, 5.74) is 1.69. The number of anilines is 1. The first-order valence-corrected chi connectivity index (χ1v) is 7.86. The Kier molecular flexibility index (Phi) is 4.27. The van der Waals surface area contributed by atoms with Gasteiger partial charge in [0.1, 0.15) is 11.3 Å². The molecule has 0 unspecified atom stereocenters. The van der Waals surface area contributed by atoms with E-state index in [4.69, 9.17) is 16.3 Å². The summed E-state index contributed by atoms with van der Waals surface area (Å²) in [4.78, 5) is 16.3. The minimum Gasteiger partial charge on any atom is -0.483 e. The number of halogens is 1. The molecule has 4 nitrogen and oxygen atoms in total. The largest absolute Gasteiger partial charge is 0.483 e. The molecule has 22 heavy (non-hydrogen) atoms. The summed E-state index contributed by atoms with van der Waals surface area (Å²) < 4.78 is 6.44. The van der Waals surface area contributed by atoms with Crippen molar-refractivity contribution in [3.63, 3.8) is 0 Å². The Bertz CT molecular complexity index is 832. The van der Waals surface area contributed by atoms with Crippen molar-refractivity contribution in [1.29, 1.82) is 0 Å². The quantitative estimate of drug-likeness (QED) is 0.776. The average molecular weight is 333 g/mol. The normalized spacial score (nSPS) is 10.6. The molecular weight excluding hydrogens is 320 g/mol. The zero-order chi connectivity index (χ0) is 15.5. The van der Waals surface area contributed by atoms with Gasteiger partial charge in [-0.15, -0.1) is 0 Å². The van der Waals surface area contributed by atoms with E-state index in [1.807, 2.05) is 43.3 Å². The first-order chi connectivity index (χ1) is 10.6. The number of ether oxygens (including phenoxy) is 1. The molecule has 1 aromatic heterocycles. The fourth-order valence-corrected chi connectivity index (χ4v) is 3.17. The highest BCUT2D eigenvalue weighted by atomic mass is 35.5. The summed E-state index contributed by atoms with van der Waals surface area (Å²) >= 11 is 7.45. The molecule has 1 amide bonds. The van der Waals surface area contributed by atoms with Gasteiger partial charge in [-0.25, -0.2) is 4.98 Å². The molecule has 0 radical (unpaired) electrons. The fraction of sp³-hybridized carbons (Fsp3) is 0.125. The van der Waals surface area contributed by atoms with Crippen molar-refractivity contribution in [3.05, 3.63) is 53.1 Å². The number of aryl methyl sites for hydroxylation is 1. The second-order valence-electron chi connectivity index (χ2n) is 4.71. The van der Waals surface area contributed by atoms with E-state index in [9.17, 15) is 4.79 Å². The van der Waals surface area contributed by atoms with Crippen LogP contribution in [0, 0.1) is 6.92 Å². The molecule has 1 N–H and O–H groups in total. The van der Waals surface area contributed by atoms with Crippen molar-refractivity contribution in [1.82, 2.24) is 4.98 Å². The lowest BCUT2D eigenvalue weighted by Gasteiger charge is -2.07. The molecule has 0 saturated heterocycles. The molecule has 0 fully saturated rings. The number of benzene rings is 2. The lowest BCUT2D eigenvalue weighted by Crippen LogP contribution is -2.20. The van der Waals surface area contributed by atoms with Crippen LogP contribution >= 0.6 is 22.9 Å². The van der Waals surface area contributed by atoms with Crippen molar-refractivity contribution < 1.29 is 9.53 Å². The Labute approximate surface area is 136 Å². The van der Waals surface area contributed by atoms with Crippen LogP contribution in [-0.4, -0.2) is 17.5 Å². The summed E-state index contributed by atoms with van der Waals surface area (Å²) in [5, 5.41) is 3.82.